The number of halogens is 3. The molecule has 2 aliphatic rings. The molecule has 1 saturated heterocycles. The molecule has 1 aliphatic heterocycles. The lowest BCUT2D eigenvalue weighted by molar-refractivity contribution is -0.137. The predicted molar refractivity (Wildman–Crippen MR) is 140 cm³/mol. The highest BCUT2D eigenvalue weighted by Crippen LogP contribution is 2.52. The normalized spacial score (nSPS) is 25.0. The summed E-state index contributed by atoms with van der Waals surface area (Å²) >= 11 is 0. The third-order valence-corrected chi connectivity index (χ3v) is 7.64. The number of hydrogen-bond acceptors (Lipinski definition) is 5. The predicted octanol–water partition coefficient (Wildman–Crippen LogP) is 4.21. The lowest BCUT2D eigenvalue weighted by atomic mass is 9.55. The molecule has 0 spiro atoms. The summed E-state index contributed by atoms with van der Waals surface area (Å²) in [6.07, 6.45) is -0.624. The van der Waals surface area contributed by atoms with Crippen LogP contribution in [0.2, 0.25) is 0 Å². The Morgan fingerprint density at radius 2 is 1.97 bits per heavy atom. The molecule has 0 unspecified atom stereocenters. The SMILES string of the molecule is C=CCN1CC[C@@]2(c3cccc(OC(C)=O)c3)C[C@H](NC(=O)C#Cc3ccc(C(F)(F)F)cc3)CC[C@]2(O)C1. The molecular weight excluding hydrogens is 509 g/mol. The van der Waals surface area contributed by atoms with E-state index < -0.39 is 34.6 Å². The third kappa shape index (κ3) is 6.35. The quantitative estimate of drug-likeness (QED) is 0.257. The van der Waals surface area contributed by atoms with Gasteiger partial charge in [0.2, 0.25) is 0 Å². The molecular formula is C30H31F3N2O4. The van der Waals surface area contributed by atoms with Crippen molar-refractivity contribution in [2.75, 3.05) is 19.6 Å². The Kier molecular flexibility index (Phi) is 8.19. The van der Waals surface area contributed by atoms with Crippen LogP contribution < -0.4 is 10.1 Å². The summed E-state index contributed by atoms with van der Waals surface area (Å²) in [5, 5.41) is 15.0. The summed E-state index contributed by atoms with van der Waals surface area (Å²) < 4.78 is 43.7. The Balaban J connectivity index is 1.56. The van der Waals surface area contributed by atoms with Gasteiger partial charge in [-0.15, -0.1) is 6.58 Å². The second kappa shape index (κ2) is 11.2. The van der Waals surface area contributed by atoms with Crippen molar-refractivity contribution in [3.8, 4) is 17.6 Å². The molecule has 0 bridgehead atoms. The minimum absolute atomic E-state index is 0.289. The minimum Gasteiger partial charge on any atom is -0.427 e. The van der Waals surface area contributed by atoms with Crippen LogP contribution >= 0.6 is 0 Å². The fourth-order valence-corrected chi connectivity index (χ4v) is 5.84. The van der Waals surface area contributed by atoms with E-state index in [0.717, 1.165) is 17.7 Å². The molecule has 9 heteroatoms. The summed E-state index contributed by atoms with van der Waals surface area (Å²) in [7, 11) is 0. The van der Waals surface area contributed by atoms with Crippen LogP contribution in [0.5, 0.6) is 5.75 Å². The van der Waals surface area contributed by atoms with Crippen LogP contribution in [-0.2, 0) is 21.2 Å². The topological polar surface area (TPSA) is 78.9 Å². The zero-order valence-corrected chi connectivity index (χ0v) is 21.7. The first-order valence-corrected chi connectivity index (χ1v) is 12.8. The number of benzene rings is 2. The van der Waals surface area contributed by atoms with E-state index in [-0.39, 0.29) is 6.04 Å². The van der Waals surface area contributed by atoms with Crippen molar-refractivity contribution >= 4 is 11.9 Å². The fraction of sp³-hybridized carbons (Fsp3) is 0.400. The van der Waals surface area contributed by atoms with E-state index >= 15 is 0 Å². The van der Waals surface area contributed by atoms with E-state index in [1.165, 1.54) is 19.1 Å². The Morgan fingerprint density at radius 1 is 1.23 bits per heavy atom. The molecule has 1 aliphatic carbocycles. The molecule has 3 atom stereocenters. The fourth-order valence-electron chi connectivity index (χ4n) is 5.84. The second-order valence-electron chi connectivity index (χ2n) is 10.2. The molecule has 2 aromatic carbocycles. The number of piperidine rings is 1. The smallest absolute Gasteiger partial charge is 0.416 e. The van der Waals surface area contributed by atoms with Crippen molar-refractivity contribution in [2.24, 2.45) is 0 Å². The molecule has 2 N–H and O–H groups in total. The van der Waals surface area contributed by atoms with E-state index in [2.05, 4.69) is 28.6 Å². The highest BCUT2D eigenvalue weighted by molar-refractivity contribution is 5.94. The van der Waals surface area contributed by atoms with E-state index in [0.29, 0.717) is 56.6 Å². The number of nitrogens with zero attached hydrogens (tertiary/aromatic N) is 1. The molecule has 0 radical (unpaired) electrons. The number of amides is 1. The lowest BCUT2D eigenvalue weighted by Crippen LogP contribution is -2.67. The van der Waals surface area contributed by atoms with Crippen LogP contribution in [0, 0.1) is 11.8 Å². The molecule has 1 amide bonds. The summed E-state index contributed by atoms with van der Waals surface area (Å²) in [4.78, 5) is 26.4. The average Bonchev–Trinajstić information content (AvgIpc) is 2.87. The van der Waals surface area contributed by atoms with Crippen molar-refractivity contribution in [3.63, 3.8) is 0 Å². The lowest BCUT2D eigenvalue weighted by Gasteiger charge is -2.58. The van der Waals surface area contributed by atoms with E-state index in [4.69, 9.17) is 4.74 Å². The number of β-amino-alcohol motifs (C(OH)–C–C–N with tert-alkyl or cyclic N) is 1. The van der Waals surface area contributed by atoms with Gasteiger partial charge < -0.3 is 15.2 Å². The zero-order valence-electron chi connectivity index (χ0n) is 21.7. The summed E-state index contributed by atoms with van der Waals surface area (Å²) in [5.41, 5.74) is -1.45. The maximum Gasteiger partial charge on any atom is 0.416 e. The number of esters is 1. The number of fused-ring (bicyclic) bond motifs is 1. The van der Waals surface area contributed by atoms with Crippen molar-refractivity contribution in [1.29, 1.82) is 0 Å². The number of hydrogen-bond donors (Lipinski definition) is 2. The average molecular weight is 541 g/mol. The van der Waals surface area contributed by atoms with Crippen LogP contribution in [0.1, 0.15) is 49.3 Å². The highest BCUT2D eigenvalue weighted by atomic mass is 19.4. The molecule has 206 valence electrons. The number of ether oxygens (including phenoxy) is 1. The maximum absolute atomic E-state index is 12.8. The Morgan fingerprint density at radius 3 is 2.64 bits per heavy atom. The van der Waals surface area contributed by atoms with E-state index in [1.54, 1.807) is 24.3 Å². The van der Waals surface area contributed by atoms with Crippen molar-refractivity contribution in [1.82, 2.24) is 10.2 Å². The standard InChI is InChI=1S/C30H31F3N2O4/c1-3-16-35-17-15-28(24-5-4-6-26(18-24)39-21(2)36)19-25(13-14-29(28,38)20-35)34-27(37)12-9-22-7-10-23(11-8-22)30(31,32)33/h3-8,10-11,18,25,38H,1,13-17,19-20H2,2H3,(H,34,37)/t25-,28+,29+/m1/s1. The van der Waals surface area contributed by atoms with Gasteiger partial charge in [-0.1, -0.05) is 24.1 Å². The van der Waals surface area contributed by atoms with Gasteiger partial charge in [0, 0.05) is 43.0 Å². The van der Waals surface area contributed by atoms with Gasteiger partial charge in [-0.3, -0.25) is 14.5 Å². The van der Waals surface area contributed by atoms with Gasteiger partial charge in [0.05, 0.1) is 11.2 Å². The van der Waals surface area contributed by atoms with Crippen LogP contribution in [0.25, 0.3) is 0 Å². The molecule has 1 heterocycles. The number of carbonyl (C=O) groups excluding carboxylic acids is 2. The molecule has 6 nitrogen and oxygen atoms in total. The van der Waals surface area contributed by atoms with Crippen molar-refractivity contribution < 1.29 is 32.6 Å². The Bertz CT molecular complexity index is 1300. The van der Waals surface area contributed by atoms with Gasteiger partial charge in [0.15, 0.2) is 0 Å². The largest absolute Gasteiger partial charge is 0.427 e. The number of carbonyl (C=O) groups is 2. The van der Waals surface area contributed by atoms with Gasteiger partial charge in [-0.05, 0) is 74.2 Å². The van der Waals surface area contributed by atoms with E-state index in [9.17, 15) is 27.9 Å². The van der Waals surface area contributed by atoms with Gasteiger partial charge in [0.1, 0.15) is 5.75 Å². The Hall–Kier alpha value is -3.61. The third-order valence-electron chi connectivity index (χ3n) is 7.64. The molecule has 39 heavy (non-hydrogen) atoms. The number of likely N-dealkylation sites (tertiary alicyclic amines) is 1. The Labute approximate surface area is 225 Å². The molecule has 2 aromatic rings. The first-order chi connectivity index (χ1) is 18.4. The molecule has 1 saturated carbocycles. The molecule has 4 rings (SSSR count). The van der Waals surface area contributed by atoms with Crippen LogP contribution in [0.15, 0.2) is 61.2 Å². The number of aliphatic hydroxyl groups is 1. The van der Waals surface area contributed by atoms with Gasteiger partial charge in [-0.2, -0.15) is 13.2 Å². The maximum atomic E-state index is 12.8. The summed E-state index contributed by atoms with van der Waals surface area (Å²) in [6.45, 7) is 6.93. The van der Waals surface area contributed by atoms with E-state index in [1.807, 2.05) is 6.07 Å². The van der Waals surface area contributed by atoms with Gasteiger partial charge in [-0.25, -0.2) is 0 Å². The van der Waals surface area contributed by atoms with Crippen molar-refractivity contribution in [2.45, 2.75) is 55.8 Å². The number of rotatable bonds is 5. The zero-order chi connectivity index (χ0) is 28.3. The summed E-state index contributed by atoms with van der Waals surface area (Å²) in [5.74, 6) is 4.49. The molecule has 0 aromatic heterocycles. The first kappa shape index (κ1) is 28.4. The minimum atomic E-state index is -4.44. The number of alkyl halides is 3. The molecule has 2 fully saturated rings. The van der Waals surface area contributed by atoms with Crippen LogP contribution in [0.4, 0.5) is 13.2 Å². The number of nitrogens with one attached hydrogen (secondary N) is 1. The first-order valence-electron chi connectivity index (χ1n) is 12.8. The van der Waals surface area contributed by atoms with Gasteiger partial charge in [0.25, 0.3) is 5.91 Å². The summed E-state index contributed by atoms with van der Waals surface area (Å²) in [6, 6.07) is 11.2. The van der Waals surface area contributed by atoms with Gasteiger partial charge >= 0.3 is 12.1 Å². The van der Waals surface area contributed by atoms with Crippen LogP contribution in [-0.4, -0.2) is 53.2 Å². The second-order valence-corrected chi connectivity index (χ2v) is 10.2. The highest BCUT2D eigenvalue weighted by Gasteiger charge is 2.57. The van der Waals surface area contributed by atoms with Crippen LogP contribution in [0.3, 0.4) is 0 Å². The van der Waals surface area contributed by atoms with Crippen molar-refractivity contribution in [3.05, 3.63) is 77.9 Å². The monoisotopic (exact) mass is 540 g/mol.